The fraction of sp³-hybridized carbons (Fsp3) is 0. The molecular formula is C50H32BN2S. The Morgan fingerprint density at radius 2 is 1.04 bits per heavy atom. The highest BCUT2D eigenvalue weighted by Crippen LogP contribution is 2.44. The van der Waals surface area contributed by atoms with E-state index in [0.717, 1.165) is 17.1 Å². The van der Waals surface area contributed by atoms with Crippen LogP contribution in [0.1, 0.15) is 0 Å². The third-order valence-corrected chi connectivity index (χ3v) is 12.1. The van der Waals surface area contributed by atoms with Gasteiger partial charge in [-0.05, 0) is 80.8 Å². The summed E-state index contributed by atoms with van der Waals surface area (Å²) in [6, 6.07) is 68.3. The highest BCUT2D eigenvalue weighted by molar-refractivity contribution is 7.26. The Morgan fingerprint density at radius 1 is 0.426 bits per heavy atom. The molecule has 1 aliphatic heterocycles. The number of thiophene rings is 1. The van der Waals surface area contributed by atoms with Crippen LogP contribution in [0.25, 0.3) is 75.7 Å². The number of aromatic amines is 1. The van der Waals surface area contributed by atoms with Crippen molar-refractivity contribution in [2.24, 2.45) is 0 Å². The Hall–Kier alpha value is -6.62. The zero-order valence-electron chi connectivity index (χ0n) is 29.3. The molecule has 0 bridgehead atoms. The highest BCUT2D eigenvalue weighted by Gasteiger charge is 2.29. The van der Waals surface area contributed by atoms with Crippen LogP contribution in [0.4, 0.5) is 17.1 Å². The number of hydrogen-bond donors (Lipinski definition) is 1. The topological polar surface area (TPSA) is 19.0 Å². The van der Waals surface area contributed by atoms with Gasteiger partial charge in [-0.25, -0.2) is 0 Å². The molecule has 0 saturated heterocycles. The van der Waals surface area contributed by atoms with Crippen molar-refractivity contribution in [3.63, 3.8) is 0 Å². The molecule has 0 aliphatic carbocycles. The van der Waals surface area contributed by atoms with E-state index in [4.69, 9.17) is 0 Å². The Morgan fingerprint density at radius 3 is 1.78 bits per heavy atom. The van der Waals surface area contributed by atoms with Crippen LogP contribution in [-0.2, 0) is 0 Å². The number of aromatic nitrogens is 1. The lowest BCUT2D eigenvalue weighted by molar-refractivity contribution is 1.30. The molecule has 251 valence electrons. The molecule has 11 rings (SSSR count). The van der Waals surface area contributed by atoms with E-state index in [1.807, 2.05) is 11.3 Å². The molecule has 0 unspecified atom stereocenters. The summed E-state index contributed by atoms with van der Waals surface area (Å²) >= 11 is 1.87. The van der Waals surface area contributed by atoms with Crippen molar-refractivity contribution in [2.45, 2.75) is 0 Å². The molecular weight excluding hydrogens is 671 g/mol. The van der Waals surface area contributed by atoms with Gasteiger partial charge in [0, 0.05) is 38.1 Å². The van der Waals surface area contributed by atoms with Crippen LogP contribution in [0.5, 0.6) is 0 Å². The van der Waals surface area contributed by atoms with Gasteiger partial charge in [-0.3, -0.25) is 0 Å². The van der Waals surface area contributed by atoms with Gasteiger partial charge < -0.3 is 9.88 Å². The minimum absolute atomic E-state index is 1.12. The predicted molar refractivity (Wildman–Crippen MR) is 233 cm³/mol. The quantitative estimate of drug-likeness (QED) is 0.177. The van der Waals surface area contributed by atoms with Crippen molar-refractivity contribution in [3.05, 3.63) is 188 Å². The first-order valence-electron chi connectivity index (χ1n) is 18.4. The smallest absolute Gasteiger partial charge is 0.197 e. The largest absolute Gasteiger partial charge is 0.353 e. The van der Waals surface area contributed by atoms with Crippen LogP contribution in [0.15, 0.2) is 188 Å². The van der Waals surface area contributed by atoms with E-state index in [1.54, 1.807) is 0 Å². The Kier molecular flexibility index (Phi) is 7.17. The molecule has 0 atom stereocenters. The van der Waals surface area contributed by atoms with Crippen molar-refractivity contribution < 1.29 is 0 Å². The van der Waals surface area contributed by atoms with Crippen LogP contribution in [0.2, 0.25) is 0 Å². The van der Waals surface area contributed by atoms with Gasteiger partial charge in [0.25, 0.3) is 0 Å². The summed E-state index contributed by atoms with van der Waals surface area (Å²) in [5.41, 5.74) is 17.8. The summed E-state index contributed by atoms with van der Waals surface area (Å²) in [7, 11) is 2.41. The van der Waals surface area contributed by atoms with E-state index >= 15 is 0 Å². The molecule has 0 spiro atoms. The Balaban J connectivity index is 1.17. The summed E-state index contributed by atoms with van der Waals surface area (Å²) in [5, 5.41) is 2.54. The number of H-pyrrole nitrogens is 1. The summed E-state index contributed by atoms with van der Waals surface area (Å²) < 4.78 is 2.62. The fourth-order valence-corrected chi connectivity index (χ4v) is 9.45. The number of fused-ring (bicyclic) bond motifs is 7. The second kappa shape index (κ2) is 12.5. The molecule has 2 aromatic heterocycles. The number of benzene rings is 8. The monoisotopic (exact) mass is 703 g/mol. The number of nitrogens with one attached hydrogen (secondary N) is 1. The van der Waals surface area contributed by atoms with E-state index in [1.165, 1.54) is 86.6 Å². The van der Waals surface area contributed by atoms with Crippen LogP contribution in [-0.4, -0.2) is 12.3 Å². The summed E-state index contributed by atoms with van der Waals surface area (Å²) in [6.45, 7) is 0. The van der Waals surface area contributed by atoms with E-state index in [0.29, 0.717) is 0 Å². The van der Waals surface area contributed by atoms with Crippen LogP contribution >= 0.6 is 11.3 Å². The van der Waals surface area contributed by atoms with E-state index in [-0.39, 0.29) is 0 Å². The van der Waals surface area contributed by atoms with Gasteiger partial charge >= 0.3 is 0 Å². The molecule has 1 radical (unpaired) electrons. The predicted octanol–water partition coefficient (Wildman–Crippen LogP) is 12.6. The molecule has 8 aromatic carbocycles. The lowest BCUT2D eigenvalue weighted by Gasteiger charge is -2.35. The molecule has 2 nitrogen and oxygen atoms in total. The lowest BCUT2D eigenvalue weighted by Crippen LogP contribution is -2.41. The molecule has 1 aliphatic rings. The van der Waals surface area contributed by atoms with Gasteiger partial charge in [0.2, 0.25) is 0 Å². The van der Waals surface area contributed by atoms with Crippen LogP contribution in [0, 0.1) is 0 Å². The summed E-state index contributed by atoms with van der Waals surface area (Å²) in [5.74, 6) is 0. The van der Waals surface area contributed by atoms with Crippen molar-refractivity contribution in [3.8, 4) is 44.5 Å². The number of rotatable bonds is 5. The molecule has 0 amide bonds. The van der Waals surface area contributed by atoms with Gasteiger partial charge in [-0.15, -0.1) is 11.3 Å². The standard InChI is InChI=1S/C50H32BN2S/c1-4-13-32(14-5-1)35-23-26-38(27-24-35)53-44-28-25-36(33-15-6-2-7-16-33)30-43(44)51-47-42(29-37(31-45(47)53)34-17-8-3-9-18-34)39-20-12-21-41-48(39)52-49-40-19-10-11-22-46(40)54-50(41)49/h1-31,52H. The SMILES string of the molecule is [B]1c2cc(-c3ccccc3)ccc2N(c2ccc(-c3ccccc3)cc2)c2cc(-c3ccccc3)cc(-c3cccc4c3[nH]c3c5ccccc5sc43)c21. The van der Waals surface area contributed by atoms with Gasteiger partial charge in [0.15, 0.2) is 7.28 Å². The first-order valence-corrected chi connectivity index (χ1v) is 19.2. The second-order valence-electron chi connectivity index (χ2n) is 14.0. The maximum absolute atomic E-state index is 3.93. The van der Waals surface area contributed by atoms with E-state index < -0.39 is 0 Å². The minimum atomic E-state index is 1.12. The minimum Gasteiger partial charge on any atom is -0.353 e. The maximum Gasteiger partial charge on any atom is 0.197 e. The zero-order chi connectivity index (χ0) is 35.6. The first kappa shape index (κ1) is 31.0. The van der Waals surface area contributed by atoms with Crippen molar-refractivity contribution in [1.29, 1.82) is 0 Å². The summed E-state index contributed by atoms with van der Waals surface area (Å²) in [4.78, 5) is 6.39. The number of nitrogens with zero attached hydrogens (tertiary/aromatic N) is 1. The van der Waals surface area contributed by atoms with Crippen LogP contribution < -0.4 is 15.8 Å². The number of para-hydroxylation sites is 1. The first-order chi connectivity index (χ1) is 26.8. The van der Waals surface area contributed by atoms with Crippen molar-refractivity contribution in [1.82, 2.24) is 4.98 Å². The Labute approximate surface area is 318 Å². The van der Waals surface area contributed by atoms with Gasteiger partial charge in [-0.1, -0.05) is 157 Å². The van der Waals surface area contributed by atoms with Crippen molar-refractivity contribution in [2.75, 3.05) is 4.90 Å². The third-order valence-electron chi connectivity index (χ3n) is 10.9. The average molecular weight is 704 g/mol. The average Bonchev–Trinajstić information content (AvgIpc) is 3.80. The van der Waals surface area contributed by atoms with E-state index in [9.17, 15) is 0 Å². The van der Waals surface area contributed by atoms with Gasteiger partial charge in [-0.2, -0.15) is 0 Å². The highest BCUT2D eigenvalue weighted by atomic mass is 32.1. The second-order valence-corrected chi connectivity index (χ2v) is 15.1. The molecule has 3 heterocycles. The van der Waals surface area contributed by atoms with Crippen molar-refractivity contribution >= 4 is 77.8 Å². The fourth-order valence-electron chi connectivity index (χ4n) is 8.26. The summed E-state index contributed by atoms with van der Waals surface area (Å²) in [6.07, 6.45) is 0. The molecule has 10 aromatic rings. The lowest BCUT2D eigenvalue weighted by atomic mass is 9.57. The molecule has 4 heteroatoms. The molecule has 1 N–H and O–H groups in total. The van der Waals surface area contributed by atoms with Gasteiger partial charge in [0.1, 0.15) is 0 Å². The number of anilines is 3. The third kappa shape index (κ3) is 5.03. The zero-order valence-corrected chi connectivity index (χ0v) is 30.1. The maximum atomic E-state index is 3.93. The van der Waals surface area contributed by atoms with Crippen LogP contribution in [0.3, 0.4) is 0 Å². The number of hydrogen-bond acceptors (Lipinski definition) is 2. The Bertz CT molecular complexity index is 3000. The molecule has 54 heavy (non-hydrogen) atoms. The normalized spacial score (nSPS) is 12.2. The van der Waals surface area contributed by atoms with Gasteiger partial charge in [0.05, 0.1) is 15.7 Å². The molecule has 0 fully saturated rings. The molecule has 0 saturated carbocycles. The van der Waals surface area contributed by atoms with E-state index in [2.05, 4.69) is 205 Å².